The van der Waals surface area contributed by atoms with E-state index >= 15 is 0 Å². The Labute approximate surface area is 143 Å². The third-order valence-corrected chi connectivity index (χ3v) is 5.41. The number of methoxy groups -OCH3 is 1. The van der Waals surface area contributed by atoms with Gasteiger partial charge in [-0.25, -0.2) is 4.39 Å². The lowest BCUT2D eigenvalue weighted by atomic mass is 9.68. The number of carbonyl (C=O) groups is 1. The van der Waals surface area contributed by atoms with Crippen molar-refractivity contribution in [2.24, 2.45) is 5.41 Å². The van der Waals surface area contributed by atoms with Crippen LogP contribution >= 0.6 is 0 Å². The first kappa shape index (κ1) is 17.4. The molecule has 132 valence electrons. The summed E-state index contributed by atoms with van der Waals surface area (Å²) in [6.45, 7) is 2.83. The van der Waals surface area contributed by atoms with Gasteiger partial charge in [-0.05, 0) is 38.3 Å². The summed E-state index contributed by atoms with van der Waals surface area (Å²) in [6, 6.07) is 7.06. The SMILES string of the molecule is COCC1(C(=O)NC2CCCN(Cc3ccccc3F)C2)CCC1. The molecule has 2 fully saturated rings. The van der Waals surface area contributed by atoms with Gasteiger partial charge in [0, 0.05) is 31.8 Å². The molecule has 1 atom stereocenters. The highest BCUT2D eigenvalue weighted by atomic mass is 19.1. The van der Waals surface area contributed by atoms with Gasteiger partial charge in [0.25, 0.3) is 0 Å². The quantitative estimate of drug-likeness (QED) is 0.870. The number of benzene rings is 1. The summed E-state index contributed by atoms with van der Waals surface area (Å²) < 4.78 is 19.1. The number of piperidine rings is 1. The van der Waals surface area contributed by atoms with Crippen LogP contribution in [0.3, 0.4) is 0 Å². The number of rotatable bonds is 6. The minimum atomic E-state index is -0.317. The average Bonchev–Trinajstić information content (AvgIpc) is 2.53. The maximum Gasteiger partial charge on any atom is 0.228 e. The minimum absolute atomic E-state index is 0.133. The van der Waals surface area contributed by atoms with E-state index in [-0.39, 0.29) is 23.2 Å². The second-order valence-electron chi connectivity index (χ2n) is 7.21. The Morgan fingerprint density at radius 3 is 2.83 bits per heavy atom. The van der Waals surface area contributed by atoms with Crippen molar-refractivity contribution < 1.29 is 13.9 Å². The second-order valence-corrected chi connectivity index (χ2v) is 7.21. The zero-order chi connectivity index (χ0) is 17.0. The molecular weight excluding hydrogens is 307 g/mol. The monoisotopic (exact) mass is 334 g/mol. The van der Waals surface area contributed by atoms with E-state index in [2.05, 4.69) is 10.2 Å². The number of nitrogens with zero attached hydrogens (tertiary/aromatic N) is 1. The molecule has 1 aromatic rings. The summed E-state index contributed by atoms with van der Waals surface area (Å²) in [5.41, 5.74) is 0.405. The predicted octanol–water partition coefficient (Wildman–Crippen LogP) is 2.72. The normalized spacial score (nSPS) is 23.5. The third-order valence-electron chi connectivity index (χ3n) is 5.41. The van der Waals surface area contributed by atoms with E-state index in [1.165, 1.54) is 6.07 Å². The first-order chi connectivity index (χ1) is 11.6. The van der Waals surface area contributed by atoms with Crippen molar-refractivity contribution in [1.82, 2.24) is 10.2 Å². The molecule has 1 unspecified atom stereocenters. The van der Waals surface area contributed by atoms with Crippen LogP contribution in [0.5, 0.6) is 0 Å². The van der Waals surface area contributed by atoms with Crippen LogP contribution in [-0.2, 0) is 16.1 Å². The molecule has 5 heteroatoms. The average molecular weight is 334 g/mol. The van der Waals surface area contributed by atoms with E-state index in [0.717, 1.165) is 50.8 Å². The molecule has 1 heterocycles. The minimum Gasteiger partial charge on any atom is -0.384 e. The Morgan fingerprint density at radius 2 is 2.17 bits per heavy atom. The molecule has 0 aromatic heterocycles. The van der Waals surface area contributed by atoms with Crippen molar-refractivity contribution in [3.8, 4) is 0 Å². The Kier molecular flexibility index (Phi) is 5.51. The lowest BCUT2D eigenvalue weighted by molar-refractivity contribution is -0.141. The maximum absolute atomic E-state index is 13.8. The molecule has 1 N–H and O–H groups in total. The molecule has 0 spiro atoms. The number of nitrogens with one attached hydrogen (secondary N) is 1. The topological polar surface area (TPSA) is 41.6 Å². The van der Waals surface area contributed by atoms with E-state index in [4.69, 9.17) is 4.74 Å². The van der Waals surface area contributed by atoms with Crippen molar-refractivity contribution in [2.45, 2.75) is 44.7 Å². The highest BCUT2D eigenvalue weighted by Gasteiger charge is 2.44. The van der Waals surface area contributed by atoms with E-state index < -0.39 is 0 Å². The summed E-state index contributed by atoms with van der Waals surface area (Å²) in [7, 11) is 1.66. The van der Waals surface area contributed by atoms with Crippen LogP contribution in [0.1, 0.15) is 37.7 Å². The molecule has 0 bridgehead atoms. The molecule has 1 saturated heterocycles. The first-order valence-electron chi connectivity index (χ1n) is 8.89. The summed E-state index contributed by atoms with van der Waals surface area (Å²) in [5.74, 6) is -0.0227. The van der Waals surface area contributed by atoms with Crippen molar-refractivity contribution in [2.75, 3.05) is 26.8 Å². The number of hydrogen-bond acceptors (Lipinski definition) is 3. The molecule has 2 aliphatic rings. The first-order valence-corrected chi connectivity index (χ1v) is 8.89. The molecule has 0 radical (unpaired) electrons. The van der Waals surface area contributed by atoms with Crippen molar-refractivity contribution in [1.29, 1.82) is 0 Å². The summed E-state index contributed by atoms with van der Waals surface area (Å²) in [4.78, 5) is 14.9. The van der Waals surface area contributed by atoms with Crippen LogP contribution < -0.4 is 5.32 Å². The van der Waals surface area contributed by atoms with Gasteiger partial charge in [0.05, 0.1) is 12.0 Å². The fraction of sp³-hybridized carbons (Fsp3) is 0.632. The molecule has 1 aliphatic carbocycles. The third kappa shape index (κ3) is 3.78. The van der Waals surface area contributed by atoms with Gasteiger partial charge in [-0.1, -0.05) is 24.6 Å². The highest BCUT2D eigenvalue weighted by molar-refractivity contribution is 5.84. The summed E-state index contributed by atoms with van der Waals surface area (Å²) in [6.07, 6.45) is 4.94. The molecule has 3 rings (SSSR count). The molecule has 1 amide bonds. The second kappa shape index (κ2) is 7.62. The summed E-state index contributed by atoms with van der Waals surface area (Å²) >= 11 is 0. The van der Waals surface area contributed by atoms with Crippen molar-refractivity contribution >= 4 is 5.91 Å². The fourth-order valence-electron chi connectivity index (χ4n) is 3.84. The predicted molar refractivity (Wildman–Crippen MR) is 91.0 cm³/mol. The van der Waals surface area contributed by atoms with Gasteiger partial charge < -0.3 is 10.1 Å². The maximum atomic E-state index is 13.8. The van der Waals surface area contributed by atoms with Gasteiger partial charge in [-0.2, -0.15) is 0 Å². The zero-order valence-electron chi connectivity index (χ0n) is 14.4. The van der Waals surface area contributed by atoms with E-state index in [0.29, 0.717) is 13.2 Å². The van der Waals surface area contributed by atoms with Gasteiger partial charge in [-0.15, -0.1) is 0 Å². The number of hydrogen-bond donors (Lipinski definition) is 1. The molecule has 24 heavy (non-hydrogen) atoms. The lowest BCUT2D eigenvalue weighted by Crippen LogP contribution is -2.55. The van der Waals surface area contributed by atoms with Crippen LogP contribution in [0, 0.1) is 11.2 Å². The van der Waals surface area contributed by atoms with Crippen LogP contribution in [0.25, 0.3) is 0 Å². The Bertz CT molecular complexity index is 574. The van der Waals surface area contributed by atoms with Gasteiger partial charge >= 0.3 is 0 Å². The van der Waals surface area contributed by atoms with Crippen molar-refractivity contribution in [3.63, 3.8) is 0 Å². The molecule has 1 aliphatic heterocycles. The molecule has 1 aromatic carbocycles. The van der Waals surface area contributed by atoms with Crippen LogP contribution in [0.2, 0.25) is 0 Å². The van der Waals surface area contributed by atoms with Crippen LogP contribution in [0.15, 0.2) is 24.3 Å². The largest absolute Gasteiger partial charge is 0.384 e. The number of amides is 1. The van der Waals surface area contributed by atoms with Gasteiger partial charge in [0.15, 0.2) is 0 Å². The van der Waals surface area contributed by atoms with E-state index in [1.807, 2.05) is 12.1 Å². The van der Waals surface area contributed by atoms with Gasteiger partial charge in [0.1, 0.15) is 5.82 Å². The fourth-order valence-corrected chi connectivity index (χ4v) is 3.84. The van der Waals surface area contributed by atoms with Crippen LogP contribution in [0.4, 0.5) is 4.39 Å². The Morgan fingerprint density at radius 1 is 1.38 bits per heavy atom. The standard InChI is InChI=1S/C19H27FN2O2/c1-24-14-19(9-5-10-19)18(23)21-16-7-4-11-22(13-16)12-15-6-2-3-8-17(15)20/h2-3,6,8,16H,4-5,7,9-14H2,1H3,(H,21,23). The van der Waals surface area contributed by atoms with Crippen molar-refractivity contribution in [3.05, 3.63) is 35.6 Å². The molecule has 1 saturated carbocycles. The molecular formula is C19H27FN2O2. The molecule has 4 nitrogen and oxygen atoms in total. The van der Waals surface area contributed by atoms with Gasteiger partial charge in [-0.3, -0.25) is 9.69 Å². The Balaban J connectivity index is 1.56. The highest BCUT2D eigenvalue weighted by Crippen LogP contribution is 2.41. The smallest absolute Gasteiger partial charge is 0.228 e. The number of carbonyl (C=O) groups excluding carboxylic acids is 1. The van der Waals surface area contributed by atoms with E-state index in [9.17, 15) is 9.18 Å². The van der Waals surface area contributed by atoms with Crippen LogP contribution in [-0.4, -0.2) is 43.7 Å². The lowest BCUT2D eigenvalue weighted by Gasteiger charge is -2.42. The summed E-state index contributed by atoms with van der Waals surface area (Å²) in [5, 5.41) is 3.22. The number of ether oxygens (including phenoxy) is 1. The van der Waals surface area contributed by atoms with E-state index in [1.54, 1.807) is 13.2 Å². The number of halogens is 1. The Hall–Kier alpha value is -1.46. The van der Waals surface area contributed by atoms with Gasteiger partial charge in [0.2, 0.25) is 5.91 Å². The number of likely N-dealkylation sites (tertiary alicyclic amines) is 1. The zero-order valence-corrected chi connectivity index (χ0v) is 14.4.